The smallest absolute Gasteiger partial charge is 0.410 e. The van der Waals surface area contributed by atoms with Gasteiger partial charge in [0.15, 0.2) is 6.17 Å². The summed E-state index contributed by atoms with van der Waals surface area (Å²) in [6.07, 6.45) is 4.57. The molecule has 118 valence electrons. The first-order valence-electron chi connectivity index (χ1n) is 7.27. The maximum atomic E-state index is 11.4. The highest BCUT2D eigenvalue weighted by Crippen LogP contribution is 2.21. The van der Waals surface area contributed by atoms with Crippen molar-refractivity contribution < 1.29 is 9.53 Å². The van der Waals surface area contributed by atoms with Gasteiger partial charge in [-0.15, -0.1) is 0 Å². The number of ether oxygens (including phenoxy) is 1. The first-order valence-corrected chi connectivity index (χ1v) is 7.27. The number of dihydropyridines is 1. The molecule has 4 N–H and O–H groups in total. The topological polar surface area (TPSA) is 101 Å². The lowest BCUT2D eigenvalue weighted by Gasteiger charge is -2.24. The van der Waals surface area contributed by atoms with Gasteiger partial charge >= 0.3 is 6.09 Å². The number of nitrogens with one attached hydrogen (secondary N) is 2. The second-order valence-electron chi connectivity index (χ2n) is 4.98. The molecule has 0 saturated carbocycles. The van der Waals surface area contributed by atoms with E-state index >= 15 is 0 Å². The number of carbonyl (C=O) groups is 1. The molecule has 0 aliphatic carbocycles. The summed E-state index contributed by atoms with van der Waals surface area (Å²) < 4.78 is 5.13. The van der Waals surface area contributed by atoms with Crippen molar-refractivity contribution in [3.05, 3.63) is 48.2 Å². The lowest BCUT2D eigenvalue weighted by Crippen LogP contribution is -2.39. The lowest BCUT2D eigenvalue weighted by molar-refractivity contribution is 0.201. The van der Waals surface area contributed by atoms with E-state index in [9.17, 15) is 4.79 Å². The molecule has 0 spiro atoms. The molecule has 1 amide bonds. The minimum atomic E-state index is -0.469. The number of nitrogens with zero attached hydrogens (tertiary/aromatic N) is 2. The van der Waals surface area contributed by atoms with Gasteiger partial charge in [-0.3, -0.25) is 4.99 Å². The zero-order chi connectivity index (χ0) is 16.2. The summed E-state index contributed by atoms with van der Waals surface area (Å²) in [6.45, 7) is 2.35. The van der Waals surface area contributed by atoms with Crippen LogP contribution in [0.5, 0.6) is 5.75 Å². The number of rotatable bonds is 3. The summed E-state index contributed by atoms with van der Waals surface area (Å²) >= 11 is 0. The van der Waals surface area contributed by atoms with Gasteiger partial charge in [0.05, 0.1) is 17.6 Å². The van der Waals surface area contributed by atoms with E-state index in [2.05, 4.69) is 20.6 Å². The van der Waals surface area contributed by atoms with Crippen LogP contribution in [0.25, 0.3) is 5.70 Å². The fourth-order valence-electron chi connectivity index (χ4n) is 2.21. The third kappa shape index (κ3) is 3.39. The largest absolute Gasteiger partial charge is 0.412 e. The Balaban J connectivity index is 1.73. The normalized spacial score (nSPS) is 18.8. The van der Waals surface area contributed by atoms with Crippen LogP contribution in [0, 0.1) is 0 Å². The standard InChI is InChI=1S/C16H17N5O2/c1-2-18-16(22)23-11-5-3-10(4-6-11)13-9-19-12-7-8-14(17)21-15(12)20-13/h3-9,15,20H,2H2,1H3,(H2,17,21)(H,18,22). The quantitative estimate of drug-likeness (QED) is 0.785. The van der Waals surface area contributed by atoms with Gasteiger partial charge in [0, 0.05) is 6.54 Å². The van der Waals surface area contributed by atoms with Crippen LogP contribution in [-0.2, 0) is 0 Å². The molecule has 0 aromatic heterocycles. The maximum absolute atomic E-state index is 11.4. The molecule has 1 aromatic rings. The number of nitrogens with two attached hydrogens (primary N) is 1. The summed E-state index contributed by atoms with van der Waals surface area (Å²) in [5.74, 6) is 0.941. The first kappa shape index (κ1) is 14.8. The molecule has 2 aliphatic heterocycles. The summed E-state index contributed by atoms with van der Waals surface area (Å²) in [7, 11) is 0. The Kier molecular flexibility index (Phi) is 4.09. The summed E-state index contributed by atoms with van der Waals surface area (Å²) in [5.41, 5.74) is 8.27. The highest BCUT2D eigenvalue weighted by molar-refractivity contribution is 6.10. The molecular weight excluding hydrogens is 294 g/mol. The van der Waals surface area contributed by atoms with Crippen LogP contribution in [0.1, 0.15) is 12.5 Å². The van der Waals surface area contributed by atoms with E-state index in [-0.39, 0.29) is 6.17 Å². The maximum Gasteiger partial charge on any atom is 0.412 e. The van der Waals surface area contributed by atoms with Crippen molar-refractivity contribution in [3.63, 3.8) is 0 Å². The van der Waals surface area contributed by atoms with Gasteiger partial charge in [-0.25, -0.2) is 9.79 Å². The Labute approximate surface area is 133 Å². The van der Waals surface area contributed by atoms with Gasteiger partial charge in [0.2, 0.25) is 0 Å². The van der Waals surface area contributed by atoms with E-state index in [1.165, 1.54) is 0 Å². The molecule has 0 saturated heterocycles. The van der Waals surface area contributed by atoms with Crippen molar-refractivity contribution in [1.29, 1.82) is 0 Å². The Bertz CT molecular complexity index is 731. The van der Waals surface area contributed by atoms with Crippen molar-refractivity contribution >= 4 is 23.3 Å². The van der Waals surface area contributed by atoms with Crippen LogP contribution in [0.3, 0.4) is 0 Å². The molecule has 7 heteroatoms. The third-order valence-corrected chi connectivity index (χ3v) is 3.32. The fourth-order valence-corrected chi connectivity index (χ4v) is 2.21. The van der Waals surface area contributed by atoms with Crippen molar-refractivity contribution in [2.24, 2.45) is 15.7 Å². The Morgan fingerprint density at radius 3 is 2.87 bits per heavy atom. The molecule has 0 bridgehead atoms. The van der Waals surface area contributed by atoms with E-state index in [1.54, 1.807) is 24.4 Å². The van der Waals surface area contributed by atoms with E-state index in [1.807, 2.05) is 25.1 Å². The predicted molar refractivity (Wildman–Crippen MR) is 89.2 cm³/mol. The molecule has 2 heterocycles. The third-order valence-electron chi connectivity index (χ3n) is 3.32. The van der Waals surface area contributed by atoms with Crippen LogP contribution in [0.15, 0.2) is 52.6 Å². The second kappa shape index (κ2) is 6.35. The highest BCUT2D eigenvalue weighted by atomic mass is 16.5. The molecule has 23 heavy (non-hydrogen) atoms. The molecule has 3 rings (SSSR count). The zero-order valence-electron chi connectivity index (χ0n) is 12.6. The van der Waals surface area contributed by atoms with E-state index in [0.717, 1.165) is 17.0 Å². The number of amides is 1. The molecule has 0 radical (unpaired) electrons. The zero-order valence-corrected chi connectivity index (χ0v) is 12.6. The number of hydrogen-bond acceptors (Lipinski definition) is 6. The average Bonchev–Trinajstić information content (AvgIpc) is 2.55. The van der Waals surface area contributed by atoms with Crippen LogP contribution in [0.4, 0.5) is 4.79 Å². The minimum absolute atomic E-state index is 0.272. The molecule has 2 aliphatic rings. The Morgan fingerprint density at radius 1 is 1.35 bits per heavy atom. The van der Waals surface area contributed by atoms with Crippen LogP contribution >= 0.6 is 0 Å². The van der Waals surface area contributed by atoms with Gasteiger partial charge < -0.3 is 21.1 Å². The molecule has 1 unspecified atom stereocenters. The SMILES string of the molecule is CCNC(=O)Oc1ccc(C2=CN=C3C=CC(N)=NC3N2)cc1. The highest BCUT2D eigenvalue weighted by Gasteiger charge is 2.21. The summed E-state index contributed by atoms with van der Waals surface area (Å²) in [6, 6.07) is 7.15. The molecule has 0 fully saturated rings. The summed E-state index contributed by atoms with van der Waals surface area (Å²) in [5, 5.41) is 5.85. The van der Waals surface area contributed by atoms with Crippen molar-refractivity contribution in [3.8, 4) is 5.75 Å². The van der Waals surface area contributed by atoms with Crippen LogP contribution < -0.4 is 21.1 Å². The van der Waals surface area contributed by atoms with Gasteiger partial charge in [0.1, 0.15) is 11.6 Å². The average molecular weight is 311 g/mol. The number of aliphatic imine (C=N–C) groups is 2. The van der Waals surface area contributed by atoms with E-state index in [0.29, 0.717) is 18.1 Å². The number of benzene rings is 1. The van der Waals surface area contributed by atoms with Crippen molar-refractivity contribution in [1.82, 2.24) is 10.6 Å². The fraction of sp³-hybridized carbons (Fsp3) is 0.188. The first-order chi connectivity index (χ1) is 11.2. The number of amidine groups is 1. The van der Waals surface area contributed by atoms with Crippen molar-refractivity contribution in [2.75, 3.05) is 6.54 Å². The van der Waals surface area contributed by atoms with Gasteiger partial charge in [-0.05, 0) is 48.9 Å². The van der Waals surface area contributed by atoms with Gasteiger partial charge in [-0.1, -0.05) is 0 Å². The van der Waals surface area contributed by atoms with Gasteiger partial charge in [-0.2, -0.15) is 0 Å². The summed E-state index contributed by atoms with van der Waals surface area (Å²) in [4.78, 5) is 20.1. The Morgan fingerprint density at radius 2 is 2.13 bits per heavy atom. The van der Waals surface area contributed by atoms with E-state index < -0.39 is 6.09 Å². The lowest BCUT2D eigenvalue weighted by atomic mass is 10.1. The molecule has 7 nitrogen and oxygen atoms in total. The molecule has 1 atom stereocenters. The number of fused-ring (bicyclic) bond motifs is 1. The minimum Gasteiger partial charge on any atom is -0.410 e. The van der Waals surface area contributed by atoms with E-state index in [4.69, 9.17) is 10.5 Å². The number of hydrogen-bond donors (Lipinski definition) is 3. The molecule has 1 aromatic carbocycles. The predicted octanol–water partition coefficient (Wildman–Crippen LogP) is 1.39. The monoisotopic (exact) mass is 311 g/mol. The number of carbonyl (C=O) groups excluding carboxylic acids is 1. The van der Waals surface area contributed by atoms with Crippen LogP contribution in [0.2, 0.25) is 0 Å². The Hall–Kier alpha value is -3.09. The second-order valence-corrected chi connectivity index (χ2v) is 4.98. The van der Waals surface area contributed by atoms with Gasteiger partial charge in [0.25, 0.3) is 0 Å². The molecular formula is C16H17N5O2. The van der Waals surface area contributed by atoms with Crippen LogP contribution in [-0.4, -0.2) is 30.4 Å². The van der Waals surface area contributed by atoms with Crippen molar-refractivity contribution in [2.45, 2.75) is 13.1 Å².